The first kappa shape index (κ1) is 13.3. The minimum absolute atomic E-state index is 0.107. The number of nitrogens with two attached hydrogens (primary N) is 1. The van der Waals surface area contributed by atoms with Crippen molar-refractivity contribution in [3.8, 4) is 0 Å². The third kappa shape index (κ3) is 2.82. The normalized spacial score (nSPS) is 11.1. The second-order valence-corrected chi connectivity index (χ2v) is 4.39. The van der Waals surface area contributed by atoms with E-state index in [0.29, 0.717) is 0 Å². The first-order valence-electron chi connectivity index (χ1n) is 5.46. The molecule has 2 N–H and O–H groups in total. The molecule has 0 radical (unpaired) electrons. The van der Waals surface area contributed by atoms with E-state index < -0.39 is 5.82 Å². The molecule has 0 aliphatic heterocycles. The maximum Gasteiger partial charge on any atom is 0.273 e. The van der Waals surface area contributed by atoms with Crippen LogP contribution < -0.4 is 11.3 Å². The highest BCUT2D eigenvalue weighted by molar-refractivity contribution is 6.33. The van der Waals surface area contributed by atoms with E-state index in [2.05, 4.69) is 5.10 Å². The van der Waals surface area contributed by atoms with Gasteiger partial charge in [0.25, 0.3) is 5.56 Å². The Morgan fingerprint density at radius 1 is 1.42 bits per heavy atom. The Hall–Kier alpha value is -2.14. The van der Waals surface area contributed by atoms with Crippen LogP contribution in [0.15, 0.2) is 40.2 Å². The van der Waals surface area contributed by atoms with E-state index in [4.69, 9.17) is 17.3 Å². The summed E-state index contributed by atoms with van der Waals surface area (Å²) < 4.78 is 14.5. The lowest BCUT2D eigenvalue weighted by atomic mass is 10.2. The monoisotopic (exact) mass is 279 g/mol. The van der Waals surface area contributed by atoms with E-state index >= 15 is 0 Å². The van der Waals surface area contributed by atoms with Crippen LogP contribution in [0, 0.1) is 12.7 Å². The molecule has 0 amide bonds. The van der Waals surface area contributed by atoms with Crippen molar-refractivity contribution < 1.29 is 4.39 Å². The van der Waals surface area contributed by atoms with Gasteiger partial charge in [-0.1, -0.05) is 17.7 Å². The second kappa shape index (κ2) is 5.24. The van der Waals surface area contributed by atoms with E-state index in [-0.39, 0.29) is 22.0 Å². The van der Waals surface area contributed by atoms with Gasteiger partial charge in [-0.3, -0.25) is 4.79 Å². The SMILES string of the molecule is Cc1cc(N)n(N=Cc2c(F)cccc2Cl)c(=O)c1. The van der Waals surface area contributed by atoms with Crippen molar-refractivity contribution in [3.05, 3.63) is 62.7 Å². The smallest absolute Gasteiger partial charge is 0.273 e. The molecule has 19 heavy (non-hydrogen) atoms. The number of hydrogen-bond donors (Lipinski definition) is 1. The van der Waals surface area contributed by atoms with Crippen LogP contribution in [-0.4, -0.2) is 10.9 Å². The lowest BCUT2D eigenvalue weighted by Gasteiger charge is -2.04. The summed E-state index contributed by atoms with van der Waals surface area (Å²) in [6, 6.07) is 7.27. The van der Waals surface area contributed by atoms with Gasteiger partial charge in [-0.05, 0) is 30.7 Å². The number of halogens is 2. The Morgan fingerprint density at radius 2 is 2.16 bits per heavy atom. The van der Waals surface area contributed by atoms with Crippen LogP contribution in [0.5, 0.6) is 0 Å². The molecule has 0 spiro atoms. The van der Waals surface area contributed by atoms with Gasteiger partial charge in [0.2, 0.25) is 0 Å². The molecule has 4 nitrogen and oxygen atoms in total. The van der Waals surface area contributed by atoms with Crippen LogP contribution in [-0.2, 0) is 0 Å². The Bertz CT molecular complexity index is 689. The van der Waals surface area contributed by atoms with Gasteiger partial charge in [-0.15, -0.1) is 0 Å². The number of benzene rings is 1. The van der Waals surface area contributed by atoms with Crippen molar-refractivity contribution in [2.75, 3.05) is 5.73 Å². The average Bonchev–Trinajstić information content (AvgIpc) is 2.31. The number of aromatic nitrogens is 1. The zero-order chi connectivity index (χ0) is 14.0. The van der Waals surface area contributed by atoms with Crippen LogP contribution in [0.2, 0.25) is 5.02 Å². The van der Waals surface area contributed by atoms with Gasteiger partial charge in [-0.2, -0.15) is 9.78 Å². The van der Waals surface area contributed by atoms with Crippen molar-refractivity contribution in [1.29, 1.82) is 0 Å². The van der Waals surface area contributed by atoms with Gasteiger partial charge in [0, 0.05) is 11.6 Å². The van der Waals surface area contributed by atoms with Crippen molar-refractivity contribution >= 4 is 23.6 Å². The maximum atomic E-state index is 13.5. The molecule has 2 aromatic rings. The minimum atomic E-state index is -0.519. The van der Waals surface area contributed by atoms with Crippen LogP contribution in [0.4, 0.5) is 10.2 Å². The number of anilines is 1. The third-order valence-electron chi connectivity index (χ3n) is 2.48. The molecule has 2 rings (SSSR count). The summed E-state index contributed by atoms with van der Waals surface area (Å²) >= 11 is 5.85. The van der Waals surface area contributed by atoms with E-state index in [1.807, 2.05) is 0 Å². The fourth-order valence-electron chi connectivity index (χ4n) is 1.59. The van der Waals surface area contributed by atoms with Crippen molar-refractivity contribution in [2.45, 2.75) is 6.92 Å². The maximum absolute atomic E-state index is 13.5. The summed E-state index contributed by atoms with van der Waals surface area (Å²) in [6.45, 7) is 1.75. The Labute approximate surface area is 113 Å². The predicted molar refractivity (Wildman–Crippen MR) is 74.3 cm³/mol. The van der Waals surface area contributed by atoms with Crippen LogP contribution in [0.1, 0.15) is 11.1 Å². The summed E-state index contributed by atoms with van der Waals surface area (Å²) in [6.07, 6.45) is 1.17. The molecular weight excluding hydrogens is 269 g/mol. The summed E-state index contributed by atoms with van der Waals surface area (Å²) in [7, 11) is 0. The van der Waals surface area contributed by atoms with Gasteiger partial charge in [0.1, 0.15) is 11.6 Å². The van der Waals surface area contributed by atoms with Gasteiger partial charge < -0.3 is 5.73 Å². The van der Waals surface area contributed by atoms with E-state index in [9.17, 15) is 9.18 Å². The highest BCUT2D eigenvalue weighted by Gasteiger charge is 2.05. The zero-order valence-electron chi connectivity index (χ0n) is 10.1. The second-order valence-electron chi connectivity index (χ2n) is 3.99. The molecule has 0 saturated heterocycles. The standard InChI is InChI=1S/C13H11ClFN3O/c1-8-5-12(16)18(13(19)6-8)17-7-9-10(14)3-2-4-11(9)15/h2-7H,16H2,1H3. The molecule has 1 aromatic carbocycles. The summed E-state index contributed by atoms with van der Waals surface area (Å²) in [5.41, 5.74) is 6.14. The van der Waals surface area contributed by atoms with Gasteiger partial charge in [0.15, 0.2) is 0 Å². The topological polar surface area (TPSA) is 60.4 Å². The minimum Gasteiger partial charge on any atom is -0.384 e. The zero-order valence-corrected chi connectivity index (χ0v) is 10.9. The lowest BCUT2D eigenvalue weighted by Crippen LogP contribution is -2.19. The Balaban J connectivity index is 2.47. The molecule has 0 bridgehead atoms. The molecule has 1 aromatic heterocycles. The lowest BCUT2D eigenvalue weighted by molar-refractivity contribution is 0.625. The summed E-state index contributed by atoms with van der Waals surface area (Å²) in [5, 5.41) is 4.08. The predicted octanol–water partition coefficient (Wildman–Crippen LogP) is 2.41. The van der Waals surface area contributed by atoms with Gasteiger partial charge in [-0.25, -0.2) is 4.39 Å². The fraction of sp³-hybridized carbons (Fsp3) is 0.0769. The van der Waals surface area contributed by atoms with Crippen molar-refractivity contribution in [2.24, 2.45) is 5.10 Å². The van der Waals surface area contributed by atoms with Crippen molar-refractivity contribution in [3.63, 3.8) is 0 Å². The average molecular weight is 280 g/mol. The molecule has 0 saturated carbocycles. The molecule has 0 aliphatic rings. The highest BCUT2D eigenvalue weighted by atomic mass is 35.5. The van der Waals surface area contributed by atoms with Crippen LogP contribution in [0.3, 0.4) is 0 Å². The number of hydrogen-bond acceptors (Lipinski definition) is 3. The first-order valence-corrected chi connectivity index (χ1v) is 5.84. The first-order chi connectivity index (χ1) is 8.99. The summed E-state index contributed by atoms with van der Waals surface area (Å²) in [5.74, 6) is -0.344. The summed E-state index contributed by atoms with van der Waals surface area (Å²) in [4.78, 5) is 11.7. The van der Waals surface area contributed by atoms with E-state index in [1.165, 1.54) is 30.5 Å². The number of nitrogens with zero attached hydrogens (tertiary/aromatic N) is 2. The van der Waals surface area contributed by atoms with Crippen molar-refractivity contribution in [1.82, 2.24) is 4.68 Å². The highest BCUT2D eigenvalue weighted by Crippen LogP contribution is 2.16. The Morgan fingerprint density at radius 3 is 2.79 bits per heavy atom. The van der Waals surface area contributed by atoms with Gasteiger partial charge >= 0.3 is 0 Å². The van der Waals surface area contributed by atoms with E-state index in [1.54, 1.807) is 13.0 Å². The third-order valence-corrected chi connectivity index (χ3v) is 2.81. The number of pyridine rings is 1. The molecule has 0 aliphatic carbocycles. The van der Waals surface area contributed by atoms with Crippen LogP contribution in [0.25, 0.3) is 0 Å². The largest absolute Gasteiger partial charge is 0.384 e. The molecule has 1 heterocycles. The number of aryl methyl sites for hydroxylation is 1. The molecular formula is C13H11ClFN3O. The van der Waals surface area contributed by atoms with Gasteiger partial charge in [0.05, 0.1) is 11.2 Å². The van der Waals surface area contributed by atoms with E-state index in [0.717, 1.165) is 10.2 Å². The molecule has 0 fully saturated rings. The van der Waals surface area contributed by atoms with Crippen LogP contribution >= 0.6 is 11.6 Å². The molecule has 0 atom stereocenters. The Kier molecular flexibility index (Phi) is 3.66. The fourth-order valence-corrected chi connectivity index (χ4v) is 1.80. The molecule has 0 unspecified atom stereocenters. The molecule has 98 valence electrons. The quantitative estimate of drug-likeness (QED) is 0.858. The number of nitrogen functional groups attached to an aromatic ring is 1. The number of rotatable bonds is 2. The molecule has 6 heteroatoms.